The summed E-state index contributed by atoms with van der Waals surface area (Å²) in [6, 6.07) is 15.6. The van der Waals surface area contributed by atoms with E-state index in [1.54, 1.807) is 43.6 Å². The van der Waals surface area contributed by atoms with Crippen LogP contribution >= 0.6 is 0 Å². The van der Waals surface area contributed by atoms with Crippen molar-refractivity contribution in [1.82, 2.24) is 9.97 Å². The van der Waals surface area contributed by atoms with Gasteiger partial charge in [-0.3, -0.25) is 9.78 Å². The van der Waals surface area contributed by atoms with Gasteiger partial charge in [0.15, 0.2) is 0 Å². The van der Waals surface area contributed by atoms with Gasteiger partial charge < -0.3 is 20.3 Å². The van der Waals surface area contributed by atoms with Gasteiger partial charge in [-0.2, -0.15) is 0 Å². The number of aromatic carboxylic acids is 1. The third-order valence-electron chi connectivity index (χ3n) is 5.07. The highest BCUT2D eigenvalue weighted by atomic mass is 16.5. The Kier molecular flexibility index (Phi) is 6.17. The number of carboxylic acids is 1. The molecule has 2 aromatic heterocycles. The van der Waals surface area contributed by atoms with Crippen LogP contribution in [-0.2, 0) is 0 Å². The van der Waals surface area contributed by atoms with Crippen molar-refractivity contribution in [3.8, 4) is 22.6 Å². The molecule has 0 spiro atoms. The number of ether oxygens (including phenoxy) is 2. The van der Waals surface area contributed by atoms with Gasteiger partial charge in [-0.25, -0.2) is 9.78 Å². The van der Waals surface area contributed by atoms with Crippen molar-refractivity contribution in [2.75, 3.05) is 13.2 Å². The fourth-order valence-electron chi connectivity index (χ4n) is 3.41. The van der Waals surface area contributed by atoms with Crippen LogP contribution < -0.4 is 15.2 Å². The number of rotatable bonds is 8. The van der Waals surface area contributed by atoms with E-state index in [9.17, 15) is 9.59 Å². The Morgan fingerprint density at radius 1 is 0.939 bits per heavy atom. The molecule has 166 valence electrons. The number of nitrogens with two attached hydrogens (primary N) is 1. The summed E-state index contributed by atoms with van der Waals surface area (Å²) in [6.07, 6.45) is 3.38. The summed E-state index contributed by atoms with van der Waals surface area (Å²) < 4.78 is 11.4. The molecule has 8 heteroatoms. The number of nitrogens with zero attached hydrogens (tertiary/aromatic N) is 2. The van der Waals surface area contributed by atoms with E-state index < -0.39 is 11.9 Å². The third-order valence-corrected chi connectivity index (χ3v) is 5.07. The van der Waals surface area contributed by atoms with E-state index in [2.05, 4.69) is 9.97 Å². The van der Waals surface area contributed by atoms with Crippen molar-refractivity contribution in [3.63, 3.8) is 0 Å². The Bertz CT molecular complexity index is 1340. The topological polar surface area (TPSA) is 125 Å². The molecule has 0 aliphatic rings. The quantitative estimate of drug-likeness (QED) is 0.396. The first-order chi connectivity index (χ1) is 15.9. The van der Waals surface area contributed by atoms with Gasteiger partial charge in [0.05, 0.1) is 11.1 Å². The molecule has 1 amide bonds. The van der Waals surface area contributed by atoms with Crippen LogP contribution in [0.25, 0.3) is 22.0 Å². The Morgan fingerprint density at radius 3 is 2.30 bits per heavy atom. The molecule has 2 heterocycles. The first-order valence-corrected chi connectivity index (χ1v) is 10.2. The highest BCUT2D eigenvalue weighted by Crippen LogP contribution is 2.28. The fourth-order valence-corrected chi connectivity index (χ4v) is 3.41. The van der Waals surface area contributed by atoms with Gasteiger partial charge in [-0.05, 0) is 60.5 Å². The average Bonchev–Trinajstić information content (AvgIpc) is 2.81. The van der Waals surface area contributed by atoms with Crippen molar-refractivity contribution in [3.05, 3.63) is 83.8 Å². The standard InChI is InChI=1S/C25H21N3O5/c1-15-12-19(7-8-20(15)25(30)31)33-11-10-32-18-5-2-16(3-6-18)21-14-27-13-17-4-9-22(24(26)29)28-23(17)21/h2-9,12-14H,10-11H2,1H3,(H2,26,29)(H,30,31). The lowest BCUT2D eigenvalue weighted by Crippen LogP contribution is -2.12. The number of primary amides is 1. The molecule has 0 aliphatic carbocycles. The zero-order valence-corrected chi connectivity index (χ0v) is 17.8. The minimum Gasteiger partial charge on any atom is -0.490 e. The van der Waals surface area contributed by atoms with Crippen molar-refractivity contribution in [2.45, 2.75) is 6.92 Å². The molecular formula is C25H21N3O5. The van der Waals surface area contributed by atoms with Gasteiger partial charge in [0.2, 0.25) is 0 Å². The minimum absolute atomic E-state index is 0.197. The molecule has 3 N–H and O–H groups in total. The number of fused-ring (bicyclic) bond motifs is 1. The van der Waals surface area contributed by atoms with E-state index in [0.29, 0.717) is 35.8 Å². The van der Waals surface area contributed by atoms with Gasteiger partial charge in [0.1, 0.15) is 30.4 Å². The van der Waals surface area contributed by atoms with Crippen LogP contribution in [0.4, 0.5) is 0 Å². The number of carboxylic acid groups (broad SMARTS) is 1. The van der Waals surface area contributed by atoms with Gasteiger partial charge >= 0.3 is 5.97 Å². The summed E-state index contributed by atoms with van der Waals surface area (Å²) in [6.45, 7) is 2.35. The summed E-state index contributed by atoms with van der Waals surface area (Å²) in [5.41, 5.74) is 8.75. The van der Waals surface area contributed by atoms with Crippen LogP contribution in [0.2, 0.25) is 0 Å². The summed E-state index contributed by atoms with van der Waals surface area (Å²) in [5.74, 6) is -0.297. The van der Waals surface area contributed by atoms with Crippen LogP contribution in [0, 0.1) is 6.92 Å². The van der Waals surface area contributed by atoms with Crippen molar-refractivity contribution >= 4 is 22.8 Å². The number of carbonyl (C=O) groups excluding carboxylic acids is 1. The lowest BCUT2D eigenvalue weighted by atomic mass is 10.0. The van der Waals surface area contributed by atoms with E-state index in [-0.39, 0.29) is 11.3 Å². The molecule has 4 rings (SSSR count). The van der Waals surface area contributed by atoms with E-state index in [1.807, 2.05) is 24.3 Å². The van der Waals surface area contributed by atoms with Crippen molar-refractivity contribution < 1.29 is 24.2 Å². The monoisotopic (exact) mass is 443 g/mol. The second-order valence-corrected chi connectivity index (χ2v) is 7.32. The fraction of sp³-hybridized carbons (Fsp3) is 0.120. The molecule has 0 unspecified atom stereocenters. The average molecular weight is 443 g/mol. The molecular weight excluding hydrogens is 422 g/mol. The SMILES string of the molecule is Cc1cc(OCCOc2ccc(-c3cncc4ccc(C(N)=O)nc34)cc2)ccc1C(=O)O. The molecule has 8 nitrogen and oxygen atoms in total. The molecule has 2 aromatic carbocycles. The normalized spacial score (nSPS) is 10.7. The highest BCUT2D eigenvalue weighted by Gasteiger charge is 2.10. The Balaban J connectivity index is 1.40. The Labute approximate surface area is 189 Å². The zero-order valence-electron chi connectivity index (χ0n) is 17.8. The first kappa shape index (κ1) is 21.8. The van der Waals surface area contributed by atoms with Crippen molar-refractivity contribution in [1.29, 1.82) is 0 Å². The largest absolute Gasteiger partial charge is 0.490 e. The predicted octanol–water partition coefficient (Wildman–Crippen LogP) is 3.86. The van der Waals surface area contributed by atoms with Crippen LogP contribution in [0.3, 0.4) is 0 Å². The summed E-state index contributed by atoms with van der Waals surface area (Å²) in [4.78, 5) is 31.2. The lowest BCUT2D eigenvalue weighted by Gasteiger charge is -2.11. The van der Waals surface area contributed by atoms with Crippen LogP contribution in [-0.4, -0.2) is 40.2 Å². The number of benzene rings is 2. The van der Waals surface area contributed by atoms with E-state index >= 15 is 0 Å². The van der Waals surface area contributed by atoms with Gasteiger partial charge in [-0.15, -0.1) is 0 Å². The van der Waals surface area contributed by atoms with Crippen LogP contribution in [0.1, 0.15) is 26.4 Å². The number of aromatic nitrogens is 2. The predicted molar refractivity (Wildman–Crippen MR) is 123 cm³/mol. The molecule has 4 aromatic rings. The highest BCUT2D eigenvalue weighted by molar-refractivity contribution is 5.97. The number of hydrogen-bond donors (Lipinski definition) is 2. The molecule has 0 saturated carbocycles. The molecule has 0 atom stereocenters. The maximum atomic E-state index is 11.5. The number of pyridine rings is 2. The second kappa shape index (κ2) is 9.35. The van der Waals surface area contributed by atoms with Gasteiger partial charge in [-0.1, -0.05) is 12.1 Å². The molecule has 0 bridgehead atoms. The molecule has 0 saturated heterocycles. The van der Waals surface area contributed by atoms with Crippen LogP contribution in [0.5, 0.6) is 11.5 Å². The molecule has 33 heavy (non-hydrogen) atoms. The number of carbonyl (C=O) groups is 2. The molecule has 0 fully saturated rings. The summed E-state index contributed by atoms with van der Waals surface area (Å²) >= 11 is 0. The zero-order chi connectivity index (χ0) is 23.4. The van der Waals surface area contributed by atoms with Crippen molar-refractivity contribution in [2.24, 2.45) is 5.73 Å². The second-order valence-electron chi connectivity index (χ2n) is 7.32. The van der Waals surface area contributed by atoms with E-state index in [0.717, 1.165) is 16.5 Å². The Hall–Kier alpha value is -4.46. The summed E-state index contributed by atoms with van der Waals surface area (Å²) in [5, 5.41) is 9.90. The van der Waals surface area contributed by atoms with Gasteiger partial charge in [0.25, 0.3) is 5.91 Å². The maximum Gasteiger partial charge on any atom is 0.335 e. The first-order valence-electron chi connectivity index (χ1n) is 10.2. The smallest absolute Gasteiger partial charge is 0.335 e. The minimum atomic E-state index is -0.964. The molecule has 0 radical (unpaired) electrons. The van der Waals surface area contributed by atoms with Crippen LogP contribution in [0.15, 0.2) is 67.0 Å². The van der Waals surface area contributed by atoms with Gasteiger partial charge in [0, 0.05) is 23.3 Å². The van der Waals surface area contributed by atoms with E-state index in [4.69, 9.17) is 20.3 Å². The molecule has 0 aliphatic heterocycles. The van der Waals surface area contributed by atoms with E-state index in [1.165, 1.54) is 6.07 Å². The number of amides is 1. The number of hydrogen-bond acceptors (Lipinski definition) is 6. The summed E-state index contributed by atoms with van der Waals surface area (Å²) in [7, 11) is 0. The third kappa shape index (κ3) is 4.90. The number of aryl methyl sites for hydroxylation is 1. The Morgan fingerprint density at radius 2 is 1.64 bits per heavy atom. The maximum absolute atomic E-state index is 11.5. The lowest BCUT2D eigenvalue weighted by molar-refractivity contribution is 0.0695.